The molecule has 0 amide bonds. The molecule has 1 aromatic rings. The van der Waals surface area contributed by atoms with Crippen molar-refractivity contribution in [3.05, 3.63) is 15.6 Å². The van der Waals surface area contributed by atoms with Crippen LogP contribution in [0.15, 0.2) is 0 Å². The first-order valence-corrected chi connectivity index (χ1v) is 8.70. The Morgan fingerprint density at radius 3 is 2.82 bits per heavy atom. The van der Waals surface area contributed by atoms with Gasteiger partial charge in [0.05, 0.1) is 11.7 Å². The maximum Gasteiger partial charge on any atom is 0.111 e. The quantitative estimate of drug-likeness (QED) is 0.847. The summed E-state index contributed by atoms with van der Waals surface area (Å²) in [6.45, 7) is 1.14. The average molecular weight is 268 g/mol. The van der Waals surface area contributed by atoms with E-state index in [1.54, 1.807) is 4.88 Å². The van der Waals surface area contributed by atoms with Gasteiger partial charge in [0, 0.05) is 22.9 Å². The second-order valence-electron chi connectivity index (χ2n) is 4.92. The van der Waals surface area contributed by atoms with Gasteiger partial charge in [0.25, 0.3) is 0 Å². The van der Waals surface area contributed by atoms with Crippen molar-refractivity contribution < 1.29 is 0 Å². The van der Waals surface area contributed by atoms with E-state index in [0.29, 0.717) is 6.04 Å². The van der Waals surface area contributed by atoms with Gasteiger partial charge in [-0.25, -0.2) is 4.98 Å². The van der Waals surface area contributed by atoms with Gasteiger partial charge in [-0.2, -0.15) is 11.8 Å². The number of fused-ring (bicyclic) bond motifs is 1. The van der Waals surface area contributed by atoms with Crippen molar-refractivity contribution in [2.45, 2.75) is 44.6 Å². The zero-order chi connectivity index (χ0) is 11.5. The van der Waals surface area contributed by atoms with Crippen LogP contribution in [0.25, 0.3) is 0 Å². The van der Waals surface area contributed by atoms with Crippen molar-refractivity contribution in [1.82, 2.24) is 10.3 Å². The first-order valence-electron chi connectivity index (χ1n) is 6.73. The predicted octanol–water partition coefficient (Wildman–Crippen LogP) is 3.18. The molecule has 3 rings (SSSR count). The molecule has 94 valence electrons. The standard InChI is InChI=1S/C13H20N2S2/c1-2-4-6-12-10(5-3-1)15-13(17-12)11-9-16-8-7-14-11/h11,14H,1-9H2. The van der Waals surface area contributed by atoms with Crippen LogP contribution >= 0.6 is 23.1 Å². The lowest BCUT2D eigenvalue weighted by atomic mass is 10.0. The molecular formula is C13H20N2S2. The van der Waals surface area contributed by atoms with Crippen molar-refractivity contribution in [3.8, 4) is 0 Å². The molecule has 0 radical (unpaired) electrons. The van der Waals surface area contributed by atoms with Gasteiger partial charge in [-0.3, -0.25) is 0 Å². The second-order valence-corrected chi connectivity index (χ2v) is 7.18. The molecule has 2 aliphatic rings. The van der Waals surface area contributed by atoms with Crippen molar-refractivity contribution in [1.29, 1.82) is 0 Å². The number of thiazole rings is 1. The molecule has 1 fully saturated rings. The lowest BCUT2D eigenvalue weighted by Crippen LogP contribution is -2.30. The molecule has 2 nitrogen and oxygen atoms in total. The lowest BCUT2D eigenvalue weighted by Gasteiger charge is -2.20. The van der Waals surface area contributed by atoms with Gasteiger partial charge < -0.3 is 5.32 Å². The molecule has 4 heteroatoms. The Morgan fingerprint density at radius 2 is 2.00 bits per heavy atom. The molecule has 1 N–H and O–H groups in total. The zero-order valence-corrected chi connectivity index (χ0v) is 11.8. The van der Waals surface area contributed by atoms with E-state index in [1.807, 2.05) is 11.3 Å². The van der Waals surface area contributed by atoms with Gasteiger partial charge >= 0.3 is 0 Å². The highest BCUT2D eigenvalue weighted by atomic mass is 32.2. The first-order chi connectivity index (χ1) is 8.43. The van der Waals surface area contributed by atoms with Crippen LogP contribution < -0.4 is 5.32 Å². The first kappa shape index (κ1) is 12.0. The van der Waals surface area contributed by atoms with E-state index in [1.165, 1.54) is 60.7 Å². The van der Waals surface area contributed by atoms with E-state index in [2.05, 4.69) is 17.1 Å². The molecule has 17 heavy (non-hydrogen) atoms. The van der Waals surface area contributed by atoms with Crippen LogP contribution in [-0.2, 0) is 12.8 Å². The summed E-state index contributed by atoms with van der Waals surface area (Å²) in [6, 6.07) is 0.520. The summed E-state index contributed by atoms with van der Waals surface area (Å²) >= 11 is 4.03. The molecule has 0 aromatic carbocycles. The summed E-state index contributed by atoms with van der Waals surface area (Å²) in [5.74, 6) is 2.45. The van der Waals surface area contributed by atoms with Crippen molar-refractivity contribution in [3.63, 3.8) is 0 Å². The zero-order valence-electron chi connectivity index (χ0n) is 10.2. The van der Waals surface area contributed by atoms with E-state index in [9.17, 15) is 0 Å². The van der Waals surface area contributed by atoms with Crippen LogP contribution in [0.1, 0.15) is 47.3 Å². The summed E-state index contributed by atoms with van der Waals surface area (Å²) < 4.78 is 0. The highest BCUT2D eigenvalue weighted by Gasteiger charge is 2.21. The second kappa shape index (κ2) is 5.72. The average Bonchev–Trinajstić information content (AvgIpc) is 2.73. The maximum absolute atomic E-state index is 4.92. The smallest absolute Gasteiger partial charge is 0.111 e. The molecule has 1 aromatic heterocycles. The number of aryl methyl sites for hydroxylation is 2. The maximum atomic E-state index is 4.92. The number of nitrogens with zero attached hydrogens (tertiary/aromatic N) is 1. The van der Waals surface area contributed by atoms with Gasteiger partial charge in [-0.1, -0.05) is 12.8 Å². The molecule has 1 atom stereocenters. The highest BCUT2D eigenvalue weighted by Crippen LogP contribution is 2.31. The van der Waals surface area contributed by atoms with Crippen LogP contribution in [0.4, 0.5) is 0 Å². The Balaban J connectivity index is 1.78. The Labute approximate surface area is 112 Å². The van der Waals surface area contributed by atoms with E-state index < -0.39 is 0 Å². The van der Waals surface area contributed by atoms with E-state index in [4.69, 9.17) is 4.98 Å². The minimum Gasteiger partial charge on any atom is -0.306 e. The number of hydrogen-bond donors (Lipinski definition) is 1. The van der Waals surface area contributed by atoms with E-state index >= 15 is 0 Å². The summed E-state index contributed by atoms with van der Waals surface area (Å²) in [5, 5.41) is 4.95. The number of rotatable bonds is 1. The fourth-order valence-corrected chi connectivity index (χ4v) is 4.87. The molecule has 0 saturated carbocycles. The largest absolute Gasteiger partial charge is 0.306 e. The number of aromatic nitrogens is 1. The molecular weight excluding hydrogens is 248 g/mol. The van der Waals surface area contributed by atoms with Gasteiger partial charge in [-0.15, -0.1) is 11.3 Å². The fourth-order valence-electron chi connectivity index (χ4n) is 2.60. The van der Waals surface area contributed by atoms with Crippen LogP contribution in [0.3, 0.4) is 0 Å². The highest BCUT2D eigenvalue weighted by molar-refractivity contribution is 7.99. The number of thioether (sulfide) groups is 1. The third-order valence-corrected chi connectivity index (χ3v) is 5.91. The third kappa shape index (κ3) is 2.85. The van der Waals surface area contributed by atoms with Crippen LogP contribution in [0, 0.1) is 0 Å². The monoisotopic (exact) mass is 268 g/mol. The summed E-state index contributed by atoms with van der Waals surface area (Å²) in [7, 11) is 0. The van der Waals surface area contributed by atoms with Gasteiger partial charge in [0.2, 0.25) is 0 Å². The van der Waals surface area contributed by atoms with Crippen molar-refractivity contribution >= 4 is 23.1 Å². The van der Waals surface area contributed by atoms with Crippen LogP contribution in [-0.4, -0.2) is 23.0 Å². The minimum absolute atomic E-state index is 0.520. The van der Waals surface area contributed by atoms with Crippen LogP contribution in [0.2, 0.25) is 0 Å². The fraction of sp³-hybridized carbons (Fsp3) is 0.769. The SMILES string of the molecule is C1CCCc2sc(C3CSCCN3)nc2CC1. The number of nitrogens with one attached hydrogen (secondary N) is 1. The van der Waals surface area contributed by atoms with E-state index in [0.717, 1.165) is 6.54 Å². The molecule has 1 aliphatic heterocycles. The normalized spacial score (nSPS) is 26.0. The van der Waals surface area contributed by atoms with Crippen molar-refractivity contribution in [2.24, 2.45) is 0 Å². The third-order valence-electron chi connectivity index (χ3n) is 3.58. The Bertz CT molecular complexity index is 344. The Kier molecular flexibility index (Phi) is 4.04. The van der Waals surface area contributed by atoms with Gasteiger partial charge in [-0.05, 0) is 25.7 Å². The predicted molar refractivity (Wildman–Crippen MR) is 76.1 cm³/mol. The number of hydrogen-bond acceptors (Lipinski definition) is 4. The summed E-state index contributed by atoms with van der Waals surface area (Å²) in [5.41, 5.74) is 1.42. The minimum atomic E-state index is 0.520. The summed E-state index contributed by atoms with van der Waals surface area (Å²) in [6.07, 6.45) is 7.98. The topological polar surface area (TPSA) is 24.9 Å². The van der Waals surface area contributed by atoms with Gasteiger partial charge in [0.1, 0.15) is 5.01 Å². The molecule has 1 saturated heterocycles. The molecule has 2 heterocycles. The molecule has 1 unspecified atom stereocenters. The Morgan fingerprint density at radius 1 is 1.12 bits per heavy atom. The summed E-state index contributed by atoms with van der Waals surface area (Å²) in [4.78, 5) is 6.50. The van der Waals surface area contributed by atoms with Crippen molar-refractivity contribution in [2.75, 3.05) is 18.1 Å². The lowest BCUT2D eigenvalue weighted by molar-refractivity contribution is 0.585. The molecule has 0 spiro atoms. The molecule has 1 aliphatic carbocycles. The molecule has 0 bridgehead atoms. The van der Waals surface area contributed by atoms with E-state index in [-0.39, 0.29) is 0 Å². The Hall–Kier alpha value is -0.0600. The van der Waals surface area contributed by atoms with Crippen LogP contribution in [0.5, 0.6) is 0 Å². The van der Waals surface area contributed by atoms with Gasteiger partial charge in [0.15, 0.2) is 0 Å².